The van der Waals surface area contributed by atoms with E-state index >= 15 is 0 Å². The second-order valence-electron chi connectivity index (χ2n) is 3.11. The highest BCUT2D eigenvalue weighted by molar-refractivity contribution is 5.03. The predicted molar refractivity (Wildman–Crippen MR) is 47.4 cm³/mol. The zero-order chi connectivity index (χ0) is 11.6. The number of hydrogen-bond acceptors (Lipinski definition) is 3. The summed E-state index contributed by atoms with van der Waals surface area (Å²) in [6.45, 7) is 0.864. The summed E-state index contributed by atoms with van der Waals surface area (Å²) >= 11 is 0. The average Bonchev–Trinajstić information content (AvgIpc) is 2.07. The number of hydrogen-bond donors (Lipinski definition) is 1. The van der Waals surface area contributed by atoms with E-state index < -0.39 is 24.3 Å². The van der Waals surface area contributed by atoms with Gasteiger partial charge in [0.2, 0.25) is 0 Å². The highest BCUT2D eigenvalue weighted by atomic mass is 19.4. The summed E-state index contributed by atoms with van der Waals surface area (Å²) in [5.41, 5.74) is 4.68. The number of nitrogens with zero attached hydrogens (tertiary/aromatic N) is 2. The molecular weight excluding hydrogens is 211 g/mol. The van der Waals surface area contributed by atoms with E-state index in [2.05, 4.69) is 5.10 Å². The van der Waals surface area contributed by atoms with Gasteiger partial charge in [0.05, 0.1) is 6.20 Å². The van der Waals surface area contributed by atoms with Crippen molar-refractivity contribution >= 4 is 0 Å². The van der Waals surface area contributed by atoms with Gasteiger partial charge in [-0.25, -0.2) is 4.68 Å². The van der Waals surface area contributed by atoms with Crippen molar-refractivity contribution in [3.05, 3.63) is 28.2 Å². The Hall–Kier alpha value is -1.37. The molecule has 1 heterocycles. The third-order valence-corrected chi connectivity index (χ3v) is 1.86. The fourth-order valence-electron chi connectivity index (χ4n) is 1.11. The highest BCUT2D eigenvalue weighted by Gasteiger charge is 2.41. The van der Waals surface area contributed by atoms with Gasteiger partial charge in [-0.3, -0.25) is 4.79 Å². The molecule has 1 rings (SSSR count). The maximum atomic E-state index is 12.4. The van der Waals surface area contributed by atoms with Crippen molar-refractivity contribution in [3.63, 3.8) is 0 Å². The highest BCUT2D eigenvalue weighted by Crippen LogP contribution is 2.27. The van der Waals surface area contributed by atoms with E-state index in [0.717, 1.165) is 6.07 Å². The Balaban J connectivity index is 3.20. The van der Waals surface area contributed by atoms with E-state index in [0.29, 0.717) is 10.2 Å². The van der Waals surface area contributed by atoms with Gasteiger partial charge in [0.15, 0.2) is 6.04 Å². The lowest BCUT2D eigenvalue weighted by Crippen LogP contribution is -2.40. The molecule has 0 bridgehead atoms. The van der Waals surface area contributed by atoms with Gasteiger partial charge < -0.3 is 5.73 Å². The molecule has 0 saturated heterocycles. The van der Waals surface area contributed by atoms with Crippen molar-refractivity contribution in [2.45, 2.75) is 19.1 Å². The van der Waals surface area contributed by atoms with Crippen LogP contribution < -0.4 is 11.3 Å². The molecule has 4 nitrogen and oxygen atoms in total. The first-order valence-corrected chi connectivity index (χ1v) is 4.18. The van der Waals surface area contributed by atoms with Crippen molar-refractivity contribution in [2.24, 2.45) is 5.73 Å². The Labute approximate surface area is 83.5 Å². The van der Waals surface area contributed by atoms with Gasteiger partial charge in [0.25, 0.3) is 5.56 Å². The minimum Gasteiger partial charge on any atom is -0.328 e. The first-order chi connectivity index (χ1) is 6.86. The molecule has 1 aromatic heterocycles. The molecule has 7 heteroatoms. The number of aryl methyl sites for hydroxylation is 1. The van der Waals surface area contributed by atoms with Crippen LogP contribution in [-0.2, 0) is 0 Å². The SMILES string of the molecule is Cc1cnn(C(CN)C(F)(F)F)c(=O)c1. The fraction of sp³-hybridized carbons (Fsp3) is 0.500. The predicted octanol–water partition coefficient (Wildman–Crippen LogP) is 0.614. The summed E-state index contributed by atoms with van der Waals surface area (Å²) in [6, 6.07) is -0.980. The minimum absolute atomic E-state index is 0.354. The Morgan fingerprint density at radius 1 is 1.60 bits per heavy atom. The van der Waals surface area contributed by atoms with E-state index in [-0.39, 0.29) is 0 Å². The fourth-order valence-corrected chi connectivity index (χ4v) is 1.11. The normalized spacial score (nSPS) is 13.9. The third-order valence-electron chi connectivity index (χ3n) is 1.86. The first-order valence-electron chi connectivity index (χ1n) is 4.18. The topological polar surface area (TPSA) is 60.9 Å². The van der Waals surface area contributed by atoms with Gasteiger partial charge in [-0.15, -0.1) is 0 Å². The molecule has 0 spiro atoms. The van der Waals surface area contributed by atoms with E-state index in [4.69, 9.17) is 5.73 Å². The van der Waals surface area contributed by atoms with Crippen LogP contribution in [0.15, 0.2) is 17.1 Å². The molecule has 0 aliphatic heterocycles. The Bertz CT molecular complexity index is 399. The zero-order valence-corrected chi connectivity index (χ0v) is 7.95. The lowest BCUT2D eigenvalue weighted by Gasteiger charge is -2.19. The lowest BCUT2D eigenvalue weighted by atomic mass is 10.3. The van der Waals surface area contributed by atoms with Gasteiger partial charge in [-0.05, 0) is 12.5 Å². The van der Waals surface area contributed by atoms with Gasteiger partial charge in [0, 0.05) is 12.6 Å². The largest absolute Gasteiger partial charge is 0.412 e. The Morgan fingerprint density at radius 2 is 2.20 bits per heavy atom. The Kier molecular flexibility index (Phi) is 3.13. The van der Waals surface area contributed by atoms with Crippen molar-refractivity contribution in [2.75, 3.05) is 6.54 Å². The van der Waals surface area contributed by atoms with Crippen LogP contribution in [0.5, 0.6) is 0 Å². The van der Waals surface area contributed by atoms with Crippen molar-refractivity contribution in [1.82, 2.24) is 9.78 Å². The number of aromatic nitrogens is 2. The van der Waals surface area contributed by atoms with E-state index in [9.17, 15) is 18.0 Å². The van der Waals surface area contributed by atoms with Crippen LogP contribution in [0.4, 0.5) is 13.2 Å². The third kappa shape index (κ3) is 2.56. The monoisotopic (exact) mass is 221 g/mol. The van der Waals surface area contributed by atoms with Crippen LogP contribution in [0.3, 0.4) is 0 Å². The molecular formula is C8H10F3N3O. The molecule has 0 aromatic carbocycles. The van der Waals surface area contributed by atoms with Crippen LogP contribution in [0.2, 0.25) is 0 Å². The smallest absolute Gasteiger partial charge is 0.328 e. The van der Waals surface area contributed by atoms with Crippen LogP contribution >= 0.6 is 0 Å². The maximum Gasteiger partial charge on any atom is 0.412 e. The van der Waals surface area contributed by atoms with Crippen molar-refractivity contribution in [1.29, 1.82) is 0 Å². The van der Waals surface area contributed by atoms with Gasteiger partial charge in [-0.2, -0.15) is 18.3 Å². The molecule has 84 valence electrons. The molecule has 0 radical (unpaired) electrons. The number of nitrogens with two attached hydrogens (primary N) is 1. The summed E-state index contributed by atoms with van der Waals surface area (Å²) in [4.78, 5) is 11.2. The summed E-state index contributed by atoms with van der Waals surface area (Å²) in [6.07, 6.45) is -3.38. The molecule has 0 fully saturated rings. The Morgan fingerprint density at radius 3 is 2.60 bits per heavy atom. The molecule has 1 unspecified atom stereocenters. The number of alkyl halides is 3. The van der Waals surface area contributed by atoms with Gasteiger partial charge in [-0.1, -0.05) is 0 Å². The second-order valence-corrected chi connectivity index (χ2v) is 3.11. The van der Waals surface area contributed by atoms with Gasteiger partial charge >= 0.3 is 6.18 Å². The molecule has 1 aromatic rings. The van der Waals surface area contributed by atoms with Crippen molar-refractivity contribution in [3.8, 4) is 0 Å². The summed E-state index contributed by atoms with van der Waals surface area (Å²) in [5.74, 6) is 0. The maximum absolute atomic E-state index is 12.4. The molecule has 15 heavy (non-hydrogen) atoms. The van der Waals surface area contributed by atoms with Crippen molar-refractivity contribution < 1.29 is 13.2 Å². The molecule has 0 amide bonds. The van der Waals surface area contributed by atoms with Crippen LogP contribution in [0.1, 0.15) is 11.6 Å². The molecule has 1 atom stereocenters. The lowest BCUT2D eigenvalue weighted by molar-refractivity contribution is -0.168. The van der Waals surface area contributed by atoms with Crippen LogP contribution in [0.25, 0.3) is 0 Å². The standard InChI is InChI=1S/C8H10F3N3O/c1-5-2-7(15)14(13-4-5)6(3-12)8(9,10)11/h2,4,6H,3,12H2,1H3. The minimum atomic E-state index is -4.57. The zero-order valence-electron chi connectivity index (χ0n) is 7.95. The van der Waals surface area contributed by atoms with E-state index in [1.165, 1.54) is 6.20 Å². The van der Waals surface area contributed by atoms with Crippen LogP contribution in [0, 0.1) is 6.92 Å². The average molecular weight is 221 g/mol. The van der Waals surface area contributed by atoms with E-state index in [1.54, 1.807) is 6.92 Å². The quantitative estimate of drug-likeness (QED) is 0.796. The molecule has 0 aliphatic carbocycles. The second kappa shape index (κ2) is 4.01. The summed E-state index contributed by atoms with van der Waals surface area (Å²) < 4.78 is 37.6. The van der Waals surface area contributed by atoms with E-state index in [1.807, 2.05) is 0 Å². The number of rotatable bonds is 2. The summed E-state index contributed by atoms with van der Waals surface area (Å²) in [7, 11) is 0. The summed E-state index contributed by atoms with van der Waals surface area (Å²) in [5, 5.41) is 3.42. The number of halogens is 3. The molecule has 0 aliphatic rings. The van der Waals surface area contributed by atoms with Crippen LogP contribution in [-0.4, -0.2) is 22.5 Å². The molecule has 0 saturated carbocycles. The molecule has 2 N–H and O–H groups in total. The van der Waals surface area contributed by atoms with Gasteiger partial charge in [0.1, 0.15) is 0 Å². The first kappa shape index (κ1) is 11.7.